The monoisotopic (exact) mass is 367 g/mol. The van der Waals surface area contributed by atoms with Crippen LogP contribution in [0.2, 0.25) is 0 Å². The maximum Gasteiger partial charge on any atom is 0.133 e. The van der Waals surface area contributed by atoms with Gasteiger partial charge in [0.2, 0.25) is 0 Å². The largest absolute Gasteiger partial charge is 0.493 e. The van der Waals surface area contributed by atoms with Gasteiger partial charge in [0.15, 0.2) is 0 Å². The lowest BCUT2D eigenvalue weighted by Gasteiger charge is -2.14. The molecule has 0 aliphatic heterocycles. The van der Waals surface area contributed by atoms with E-state index in [1.165, 1.54) is 6.07 Å². The van der Waals surface area contributed by atoms with Gasteiger partial charge in [-0.15, -0.1) is 0 Å². The zero-order chi connectivity index (χ0) is 15.9. The second-order valence-corrected chi connectivity index (χ2v) is 5.86. The van der Waals surface area contributed by atoms with Crippen LogP contribution in [0, 0.1) is 5.82 Å². The summed E-state index contributed by atoms with van der Waals surface area (Å²) in [7, 11) is 1.87. The molecule has 0 aliphatic carbocycles. The molecule has 2 aromatic carbocycles. The molecule has 0 amide bonds. The van der Waals surface area contributed by atoms with Crippen molar-refractivity contribution in [3.63, 3.8) is 0 Å². The summed E-state index contributed by atoms with van der Waals surface area (Å²) < 4.78 is 20.6. The molecule has 0 spiro atoms. The van der Waals surface area contributed by atoms with E-state index in [0.29, 0.717) is 17.9 Å². The van der Waals surface area contributed by atoms with E-state index in [9.17, 15) is 9.50 Å². The lowest BCUT2D eigenvalue weighted by Crippen LogP contribution is -2.11. The predicted molar refractivity (Wildman–Crippen MR) is 88.6 cm³/mol. The summed E-state index contributed by atoms with van der Waals surface area (Å²) in [4.78, 5) is 0. The van der Waals surface area contributed by atoms with Gasteiger partial charge in [0.05, 0.1) is 6.61 Å². The molecule has 0 saturated carbocycles. The summed E-state index contributed by atoms with van der Waals surface area (Å²) in [6.45, 7) is 1.37. The minimum Gasteiger partial charge on any atom is -0.493 e. The Balaban J connectivity index is 2.07. The first-order valence-electron chi connectivity index (χ1n) is 7.12. The van der Waals surface area contributed by atoms with E-state index in [1.54, 1.807) is 24.3 Å². The SMILES string of the molecule is CNCCCOc1ccc(C(O)c2ccc(Br)cc2)c(F)c1. The van der Waals surface area contributed by atoms with Gasteiger partial charge in [-0.1, -0.05) is 28.1 Å². The van der Waals surface area contributed by atoms with E-state index in [4.69, 9.17) is 4.74 Å². The molecule has 1 unspecified atom stereocenters. The molecule has 1 atom stereocenters. The standard InChI is InChI=1S/C17H19BrFNO2/c1-20-9-2-10-22-14-7-8-15(16(19)11-14)17(21)12-3-5-13(18)6-4-12/h3-8,11,17,20-21H,2,9-10H2,1H3. The smallest absolute Gasteiger partial charge is 0.133 e. The van der Waals surface area contributed by atoms with Crippen LogP contribution in [0.5, 0.6) is 5.75 Å². The minimum atomic E-state index is -0.994. The van der Waals surface area contributed by atoms with Crippen LogP contribution in [0.1, 0.15) is 23.7 Å². The van der Waals surface area contributed by atoms with E-state index in [1.807, 2.05) is 19.2 Å². The van der Waals surface area contributed by atoms with Crippen molar-refractivity contribution in [1.82, 2.24) is 5.32 Å². The van der Waals surface area contributed by atoms with Crippen LogP contribution in [0.4, 0.5) is 4.39 Å². The van der Waals surface area contributed by atoms with Crippen molar-refractivity contribution in [1.29, 1.82) is 0 Å². The molecule has 0 radical (unpaired) electrons. The molecule has 5 heteroatoms. The molecule has 0 fully saturated rings. The first-order chi connectivity index (χ1) is 10.6. The first-order valence-corrected chi connectivity index (χ1v) is 7.91. The molecule has 22 heavy (non-hydrogen) atoms. The second-order valence-electron chi connectivity index (χ2n) is 4.94. The summed E-state index contributed by atoms with van der Waals surface area (Å²) in [6.07, 6.45) is -0.145. The lowest BCUT2D eigenvalue weighted by molar-refractivity contribution is 0.214. The van der Waals surface area contributed by atoms with E-state index < -0.39 is 11.9 Å². The highest BCUT2D eigenvalue weighted by molar-refractivity contribution is 9.10. The van der Waals surface area contributed by atoms with Gasteiger partial charge in [0.1, 0.15) is 17.7 Å². The van der Waals surface area contributed by atoms with Crippen molar-refractivity contribution in [3.8, 4) is 5.75 Å². The zero-order valence-corrected chi connectivity index (χ0v) is 13.9. The molecule has 2 rings (SSSR count). The van der Waals surface area contributed by atoms with Gasteiger partial charge in [-0.25, -0.2) is 4.39 Å². The maximum absolute atomic E-state index is 14.2. The highest BCUT2D eigenvalue weighted by atomic mass is 79.9. The third-order valence-electron chi connectivity index (χ3n) is 3.29. The van der Waals surface area contributed by atoms with Crippen molar-refractivity contribution in [2.24, 2.45) is 0 Å². The summed E-state index contributed by atoms with van der Waals surface area (Å²) in [5, 5.41) is 13.3. The number of rotatable bonds is 7. The first kappa shape index (κ1) is 16.9. The Kier molecular flexibility index (Phi) is 6.36. The number of halogens is 2. The number of aliphatic hydroxyl groups excluding tert-OH is 1. The van der Waals surface area contributed by atoms with Gasteiger partial charge in [-0.05, 0) is 49.8 Å². The van der Waals surface area contributed by atoms with E-state index >= 15 is 0 Å². The van der Waals surface area contributed by atoms with Gasteiger partial charge in [-0.3, -0.25) is 0 Å². The Morgan fingerprint density at radius 1 is 1.23 bits per heavy atom. The molecule has 0 aliphatic rings. The minimum absolute atomic E-state index is 0.241. The molecule has 0 bridgehead atoms. The highest BCUT2D eigenvalue weighted by Gasteiger charge is 2.15. The summed E-state index contributed by atoms with van der Waals surface area (Å²) in [5.41, 5.74) is 0.884. The van der Waals surface area contributed by atoms with Crippen LogP contribution < -0.4 is 10.1 Å². The van der Waals surface area contributed by atoms with Crippen molar-refractivity contribution in [2.75, 3.05) is 20.2 Å². The third-order valence-corrected chi connectivity index (χ3v) is 3.82. The predicted octanol–water partition coefficient (Wildman–Crippen LogP) is 3.66. The molecular formula is C17H19BrFNO2. The third kappa shape index (κ3) is 4.53. The van der Waals surface area contributed by atoms with Gasteiger partial charge in [0.25, 0.3) is 0 Å². The van der Waals surface area contributed by atoms with E-state index in [2.05, 4.69) is 21.2 Å². The number of aliphatic hydroxyl groups is 1. The number of nitrogens with one attached hydrogen (secondary N) is 1. The van der Waals surface area contributed by atoms with Gasteiger partial charge >= 0.3 is 0 Å². The molecule has 0 saturated heterocycles. The number of benzene rings is 2. The van der Waals surface area contributed by atoms with Crippen LogP contribution >= 0.6 is 15.9 Å². The Bertz CT molecular complexity index is 604. The van der Waals surface area contributed by atoms with E-state index in [0.717, 1.165) is 17.4 Å². The second kappa shape index (κ2) is 8.27. The van der Waals surface area contributed by atoms with Crippen molar-refractivity contribution in [2.45, 2.75) is 12.5 Å². The van der Waals surface area contributed by atoms with Crippen molar-refractivity contribution < 1.29 is 14.2 Å². The summed E-state index contributed by atoms with van der Waals surface area (Å²) in [6, 6.07) is 11.7. The fourth-order valence-electron chi connectivity index (χ4n) is 2.08. The van der Waals surface area contributed by atoms with Crippen LogP contribution in [-0.2, 0) is 0 Å². The van der Waals surface area contributed by atoms with Crippen LogP contribution in [0.25, 0.3) is 0 Å². The molecular weight excluding hydrogens is 349 g/mol. The average Bonchev–Trinajstić information content (AvgIpc) is 2.52. The van der Waals surface area contributed by atoms with Crippen molar-refractivity contribution >= 4 is 15.9 Å². The van der Waals surface area contributed by atoms with E-state index in [-0.39, 0.29) is 5.56 Å². The molecule has 2 aromatic rings. The number of hydrogen-bond acceptors (Lipinski definition) is 3. The Labute approximate surface area is 138 Å². The zero-order valence-electron chi connectivity index (χ0n) is 12.4. The average molecular weight is 368 g/mol. The quantitative estimate of drug-likeness (QED) is 0.733. The normalized spacial score (nSPS) is 12.2. The van der Waals surface area contributed by atoms with Crippen LogP contribution in [0.15, 0.2) is 46.9 Å². The Morgan fingerprint density at radius 2 is 1.95 bits per heavy atom. The van der Waals surface area contributed by atoms with Crippen molar-refractivity contribution in [3.05, 3.63) is 63.9 Å². The fraction of sp³-hybridized carbons (Fsp3) is 0.294. The number of hydrogen-bond donors (Lipinski definition) is 2. The summed E-state index contributed by atoms with van der Waals surface area (Å²) >= 11 is 3.33. The molecule has 3 nitrogen and oxygen atoms in total. The summed E-state index contributed by atoms with van der Waals surface area (Å²) in [5.74, 6) is 0.00175. The molecule has 0 heterocycles. The lowest BCUT2D eigenvalue weighted by atomic mass is 10.0. The maximum atomic E-state index is 14.2. The molecule has 2 N–H and O–H groups in total. The number of ether oxygens (including phenoxy) is 1. The molecule has 0 aromatic heterocycles. The Hall–Kier alpha value is -1.43. The van der Waals surface area contributed by atoms with Crippen LogP contribution in [-0.4, -0.2) is 25.3 Å². The van der Waals surface area contributed by atoms with Gasteiger partial charge in [-0.2, -0.15) is 0 Å². The Morgan fingerprint density at radius 3 is 2.59 bits per heavy atom. The molecule has 118 valence electrons. The fourth-order valence-corrected chi connectivity index (χ4v) is 2.35. The highest BCUT2D eigenvalue weighted by Crippen LogP contribution is 2.27. The van der Waals surface area contributed by atoms with Gasteiger partial charge in [0, 0.05) is 16.1 Å². The van der Waals surface area contributed by atoms with Gasteiger partial charge < -0.3 is 15.2 Å². The van der Waals surface area contributed by atoms with Crippen LogP contribution in [0.3, 0.4) is 0 Å². The topological polar surface area (TPSA) is 41.5 Å².